The molecule has 0 radical (unpaired) electrons. The fraction of sp³-hybridized carbons (Fsp3) is 0. The van der Waals surface area contributed by atoms with E-state index in [2.05, 4.69) is 10.6 Å². The summed E-state index contributed by atoms with van der Waals surface area (Å²) in [6.45, 7) is 0. The van der Waals surface area contributed by atoms with Crippen molar-refractivity contribution in [3.05, 3.63) is 48.5 Å². The summed E-state index contributed by atoms with van der Waals surface area (Å²) in [5.74, 6) is 0. The standard InChI is InChI=1S/C13H14N2O7P2/c16-13(14-9-1-5-11(6-2-9)23(17,18)19)15-10-3-7-12(8-4-10)24(20,21)22/h1-8H,(H2,14,15,16)(H2,17,18,19)(H2,20,21,22). The molecule has 0 aliphatic heterocycles. The van der Waals surface area contributed by atoms with Crippen LogP contribution in [0.3, 0.4) is 0 Å². The molecule has 0 unspecified atom stereocenters. The van der Waals surface area contributed by atoms with E-state index in [-0.39, 0.29) is 10.6 Å². The van der Waals surface area contributed by atoms with E-state index in [4.69, 9.17) is 19.6 Å². The van der Waals surface area contributed by atoms with Gasteiger partial charge in [0.15, 0.2) is 0 Å². The molecule has 2 rings (SSSR count). The molecule has 9 nitrogen and oxygen atoms in total. The molecule has 0 fully saturated rings. The van der Waals surface area contributed by atoms with Gasteiger partial charge < -0.3 is 30.2 Å². The van der Waals surface area contributed by atoms with Gasteiger partial charge in [0.1, 0.15) is 0 Å². The Morgan fingerprint density at radius 2 is 0.958 bits per heavy atom. The first-order valence-corrected chi connectivity index (χ1v) is 9.68. The third-order valence-electron chi connectivity index (χ3n) is 2.92. The van der Waals surface area contributed by atoms with Crippen LogP contribution < -0.4 is 21.2 Å². The Hall–Kier alpha value is -1.99. The molecular formula is C13H14N2O7P2. The van der Waals surface area contributed by atoms with Crippen molar-refractivity contribution < 1.29 is 33.5 Å². The number of urea groups is 1. The van der Waals surface area contributed by atoms with Crippen LogP contribution in [0.25, 0.3) is 0 Å². The lowest BCUT2D eigenvalue weighted by molar-refractivity contribution is 0.262. The lowest BCUT2D eigenvalue weighted by atomic mass is 10.3. The van der Waals surface area contributed by atoms with Crippen molar-refractivity contribution in [1.82, 2.24) is 0 Å². The van der Waals surface area contributed by atoms with Crippen molar-refractivity contribution in [3.8, 4) is 0 Å². The molecular weight excluding hydrogens is 358 g/mol. The molecule has 6 N–H and O–H groups in total. The number of carbonyl (C=O) groups is 1. The van der Waals surface area contributed by atoms with Gasteiger partial charge in [-0.2, -0.15) is 0 Å². The minimum Gasteiger partial charge on any atom is -0.321 e. The van der Waals surface area contributed by atoms with Crippen molar-refractivity contribution in [2.45, 2.75) is 0 Å². The van der Waals surface area contributed by atoms with Crippen LogP contribution in [0.4, 0.5) is 16.2 Å². The smallest absolute Gasteiger partial charge is 0.321 e. The van der Waals surface area contributed by atoms with Gasteiger partial charge in [-0.1, -0.05) is 0 Å². The van der Waals surface area contributed by atoms with E-state index in [1.807, 2.05) is 0 Å². The number of hydrogen-bond donors (Lipinski definition) is 6. The van der Waals surface area contributed by atoms with Crippen molar-refractivity contribution in [2.24, 2.45) is 0 Å². The normalized spacial score (nSPS) is 11.8. The lowest BCUT2D eigenvalue weighted by Crippen LogP contribution is -2.20. The highest BCUT2D eigenvalue weighted by molar-refractivity contribution is 7.60. The van der Waals surface area contributed by atoms with Gasteiger partial charge in [-0.3, -0.25) is 9.13 Å². The van der Waals surface area contributed by atoms with Crippen LogP contribution in [-0.4, -0.2) is 25.6 Å². The van der Waals surface area contributed by atoms with E-state index < -0.39 is 21.2 Å². The molecule has 11 heteroatoms. The van der Waals surface area contributed by atoms with Gasteiger partial charge in [0, 0.05) is 11.4 Å². The van der Waals surface area contributed by atoms with Gasteiger partial charge in [0.25, 0.3) is 0 Å². The van der Waals surface area contributed by atoms with Crippen LogP contribution >= 0.6 is 15.2 Å². The maximum atomic E-state index is 11.8. The van der Waals surface area contributed by atoms with Gasteiger partial charge in [-0.15, -0.1) is 0 Å². The first-order chi connectivity index (χ1) is 11.1. The highest BCUT2D eigenvalue weighted by atomic mass is 31.2. The number of benzene rings is 2. The number of hydrogen-bond acceptors (Lipinski definition) is 3. The van der Waals surface area contributed by atoms with E-state index in [0.29, 0.717) is 11.4 Å². The molecule has 0 atom stereocenters. The third kappa shape index (κ3) is 5.01. The van der Waals surface area contributed by atoms with Crippen LogP contribution in [0.1, 0.15) is 0 Å². The molecule has 0 aliphatic rings. The molecule has 0 bridgehead atoms. The minimum atomic E-state index is -4.34. The Kier molecular flexibility index (Phi) is 5.25. The second-order valence-corrected chi connectivity index (χ2v) is 7.97. The molecule has 128 valence electrons. The zero-order valence-corrected chi connectivity index (χ0v) is 13.8. The molecule has 2 aromatic carbocycles. The highest BCUT2D eigenvalue weighted by Gasteiger charge is 2.17. The van der Waals surface area contributed by atoms with Crippen LogP contribution in [-0.2, 0) is 9.13 Å². The fourth-order valence-corrected chi connectivity index (χ4v) is 2.85. The van der Waals surface area contributed by atoms with E-state index in [9.17, 15) is 13.9 Å². The maximum absolute atomic E-state index is 11.8. The quantitative estimate of drug-likeness (QED) is 0.436. The van der Waals surface area contributed by atoms with E-state index in [1.165, 1.54) is 48.5 Å². The Balaban J connectivity index is 2.00. The number of nitrogens with one attached hydrogen (secondary N) is 2. The Labute approximate surface area is 136 Å². The molecule has 0 saturated carbocycles. The number of carbonyl (C=O) groups excluding carboxylic acids is 1. The van der Waals surface area contributed by atoms with Crippen LogP contribution in [0.15, 0.2) is 48.5 Å². The zero-order valence-electron chi connectivity index (χ0n) is 12.0. The molecule has 0 heterocycles. The summed E-state index contributed by atoms with van der Waals surface area (Å²) in [6, 6.07) is 9.53. The highest BCUT2D eigenvalue weighted by Crippen LogP contribution is 2.34. The van der Waals surface area contributed by atoms with Crippen molar-refractivity contribution >= 4 is 43.2 Å². The van der Waals surface area contributed by atoms with E-state index in [0.717, 1.165) is 0 Å². The molecule has 0 spiro atoms. The first kappa shape index (κ1) is 18.4. The SMILES string of the molecule is O=C(Nc1ccc(P(=O)(O)O)cc1)Nc1ccc(P(=O)(O)O)cc1. The average Bonchev–Trinajstić information content (AvgIpc) is 2.46. The van der Waals surface area contributed by atoms with Gasteiger partial charge in [-0.25, -0.2) is 4.79 Å². The lowest BCUT2D eigenvalue weighted by Gasteiger charge is -2.10. The van der Waals surface area contributed by atoms with Gasteiger partial charge in [-0.05, 0) is 48.5 Å². The summed E-state index contributed by atoms with van der Waals surface area (Å²) >= 11 is 0. The molecule has 0 saturated heterocycles. The first-order valence-electron chi connectivity index (χ1n) is 6.46. The Morgan fingerprint density at radius 1 is 0.667 bits per heavy atom. The van der Waals surface area contributed by atoms with Crippen molar-refractivity contribution in [2.75, 3.05) is 10.6 Å². The van der Waals surface area contributed by atoms with Crippen LogP contribution in [0.2, 0.25) is 0 Å². The fourth-order valence-electron chi connectivity index (χ4n) is 1.77. The summed E-state index contributed by atoms with van der Waals surface area (Å²) in [5.41, 5.74) is 0.632. The Bertz CT molecular complexity index is 755. The molecule has 2 aromatic rings. The summed E-state index contributed by atoms with van der Waals surface area (Å²) in [7, 11) is -8.67. The third-order valence-corrected chi connectivity index (χ3v) is 4.86. The molecule has 0 aliphatic carbocycles. The van der Waals surface area contributed by atoms with Crippen molar-refractivity contribution in [3.63, 3.8) is 0 Å². The summed E-state index contributed by atoms with van der Waals surface area (Å²) in [6.07, 6.45) is 0. The van der Waals surface area contributed by atoms with Crippen LogP contribution in [0, 0.1) is 0 Å². The van der Waals surface area contributed by atoms with E-state index >= 15 is 0 Å². The summed E-state index contributed by atoms with van der Waals surface area (Å²) in [5, 5.41) is 4.58. The monoisotopic (exact) mass is 372 g/mol. The second kappa shape index (κ2) is 6.86. The predicted octanol–water partition coefficient (Wildman–Crippen LogP) is 0.937. The minimum absolute atomic E-state index is 0.165. The average molecular weight is 372 g/mol. The predicted molar refractivity (Wildman–Crippen MR) is 88.9 cm³/mol. The second-order valence-electron chi connectivity index (χ2n) is 4.76. The zero-order chi connectivity index (χ0) is 18.0. The van der Waals surface area contributed by atoms with Crippen LogP contribution in [0.5, 0.6) is 0 Å². The van der Waals surface area contributed by atoms with Crippen molar-refractivity contribution in [1.29, 1.82) is 0 Å². The molecule has 0 aromatic heterocycles. The van der Waals surface area contributed by atoms with Gasteiger partial charge in [0.05, 0.1) is 10.6 Å². The number of amides is 2. The summed E-state index contributed by atoms with van der Waals surface area (Å²) in [4.78, 5) is 47.8. The number of anilines is 2. The maximum Gasteiger partial charge on any atom is 0.356 e. The van der Waals surface area contributed by atoms with E-state index in [1.54, 1.807) is 0 Å². The van der Waals surface area contributed by atoms with Gasteiger partial charge in [0.2, 0.25) is 0 Å². The largest absolute Gasteiger partial charge is 0.356 e. The van der Waals surface area contributed by atoms with Gasteiger partial charge >= 0.3 is 21.2 Å². The topological polar surface area (TPSA) is 156 Å². The Morgan fingerprint density at radius 3 is 1.21 bits per heavy atom. The molecule has 24 heavy (non-hydrogen) atoms. The number of rotatable bonds is 4. The summed E-state index contributed by atoms with van der Waals surface area (Å²) < 4.78 is 22.1. The molecule has 2 amide bonds.